The van der Waals surface area contributed by atoms with Gasteiger partial charge < -0.3 is 9.84 Å². The first-order valence-electron chi connectivity index (χ1n) is 10.6. The van der Waals surface area contributed by atoms with Gasteiger partial charge in [-0.15, -0.1) is 0 Å². The van der Waals surface area contributed by atoms with Crippen LogP contribution in [0.2, 0.25) is 0 Å². The lowest BCUT2D eigenvalue weighted by atomic mass is 9.90. The van der Waals surface area contributed by atoms with Crippen LogP contribution in [0, 0.1) is 0 Å². The lowest BCUT2D eigenvalue weighted by Crippen LogP contribution is -2.23. The summed E-state index contributed by atoms with van der Waals surface area (Å²) in [6, 6.07) is 27.5. The molecule has 0 unspecified atom stereocenters. The maximum Gasteiger partial charge on any atom is 0.236 e. The van der Waals surface area contributed by atoms with Gasteiger partial charge in [-0.2, -0.15) is 4.98 Å². The number of rotatable bonds is 7. The lowest BCUT2D eigenvalue weighted by Gasteiger charge is -2.19. The maximum atomic E-state index is 13.5. The molecule has 31 heavy (non-hydrogen) atoms. The Morgan fingerprint density at radius 3 is 2.16 bits per heavy atom. The van der Waals surface area contributed by atoms with E-state index in [4.69, 9.17) is 4.52 Å². The van der Waals surface area contributed by atoms with Gasteiger partial charge in [0.1, 0.15) is 0 Å². The zero-order chi connectivity index (χ0) is 21.0. The van der Waals surface area contributed by atoms with Gasteiger partial charge in [0.25, 0.3) is 0 Å². The molecule has 3 aromatic carbocycles. The van der Waals surface area contributed by atoms with E-state index in [1.54, 1.807) is 0 Å². The number of nitrogens with one attached hydrogen (secondary N) is 1. The molecule has 4 aromatic rings. The molecule has 1 saturated carbocycles. The van der Waals surface area contributed by atoms with Crippen LogP contribution in [0.5, 0.6) is 0 Å². The van der Waals surface area contributed by atoms with Crippen LogP contribution >= 0.6 is 0 Å². The molecule has 0 bridgehead atoms. The molecule has 1 amide bonds. The molecule has 1 aliphatic rings. The summed E-state index contributed by atoms with van der Waals surface area (Å²) in [5.41, 5.74) is 3.61. The standard InChI is InChI=1S/C26H23N3O2/c30-26(24(18-9-3-1-4-10-18)19-11-5-2-6-12-19)27-22-14-8-7-13-21(22)17-23-28-25(29-31-23)20-15-16-20/h1-14,20,24H,15-17H2,(H,27,30). The quantitative estimate of drug-likeness (QED) is 0.449. The first-order chi connectivity index (χ1) is 15.3. The minimum Gasteiger partial charge on any atom is -0.339 e. The molecule has 5 heteroatoms. The summed E-state index contributed by atoms with van der Waals surface area (Å²) < 4.78 is 5.44. The molecule has 0 atom stereocenters. The summed E-state index contributed by atoms with van der Waals surface area (Å²) >= 11 is 0. The fourth-order valence-corrected chi connectivity index (χ4v) is 3.80. The van der Waals surface area contributed by atoms with Crippen LogP contribution in [-0.4, -0.2) is 16.0 Å². The third-order valence-electron chi connectivity index (χ3n) is 5.57. The lowest BCUT2D eigenvalue weighted by molar-refractivity contribution is -0.116. The average molecular weight is 409 g/mol. The molecule has 1 fully saturated rings. The predicted octanol–water partition coefficient (Wildman–Crippen LogP) is 5.31. The summed E-state index contributed by atoms with van der Waals surface area (Å²) in [4.78, 5) is 18.0. The Balaban J connectivity index is 1.40. The first kappa shape index (κ1) is 19.2. The average Bonchev–Trinajstić information content (AvgIpc) is 3.56. The molecule has 1 aliphatic carbocycles. The van der Waals surface area contributed by atoms with Crippen molar-refractivity contribution in [3.8, 4) is 0 Å². The van der Waals surface area contributed by atoms with E-state index in [1.165, 1.54) is 0 Å². The van der Waals surface area contributed by atoms with E-state index in [0.29, 0.717) is 18.2 Å². The highest BCUT2D eigenvalue weighted by atomic mass is 16.5. The van der Waals surface area contributed by atoms with Crippen LogP contribution in [0.1, 0.15) is 53.1 Å². The van der Waals surface area contributed by atoms with Gasteiger partial charge in [0.2, 0.25) is 11.8 Å². The summed E-state index contributed by atoms with van der Waals surface area (Å²) in [6.07, 6.45) is 2.75. The Labute approximate surface area is 181 Å². The molecule has 5 rings (SSSR count). The van der Waals surface area contributed by atoms with E-state index < -0.39 is 5.92 Å². The van der Waals surface area contributed by atoms with Gasteiger partial charge in [-0.1, -0.05) is 84.0 Å². The molecule has 154 valence electrons. The second-order valence-electron chi connectivity index (χ2n) is 7.90. The number of para-hydroxylation sites is 1. The van der Waals surface area contributed by atoms with E-state index >= 15 is 0 Å². The van der Waals surface area contributed by atoms with Gasteiger partial charge >= 0.3 is 0 Å². The number of anilines is 1. The molecule has 0 saturated heterocycles. The van der Waals surface area contributed by atoms with Crippen molar-refractivity contribution in [2.24, 2.45) is 0 Å². The summed E-state index contributed by atoms with van der Waals surface area (Å²) in [7, 11) is 0. The zero-order valence-electron chi connectivity index (χ0n) is 17.1. The minimum atomic E-state index is -0.402. The van der Waals surface area contributed by atoms with Crippen LogP contribution in [0.3, 0.4) is 0 Å². The van der Waals surface area contributed by atoms with Crippen LogP contribution in [0.15, 0.2) is 89.5 Å². The van der Waals surface area contributed by atoms with E-state index in [2.05, 4.69) is 15.5 Å². The van der Waals surface area contributed by atoms with Gasteiger partial charge in [-0.05, 0) is 35.6 Å². The van der Waals surface area contributed by atoms with Gasteiger partial charge in [0.15, 0.2) is 5.82 Å². The number of hydrogen-bond acceptors (Lipinski definition) is 4. The smallest absolute Gasteiger partial charge is 0.236 e. The van der Waals surface area contributed by atoms with Crippen LogP contribution in [-0.2, 0) is 11.2 Å². The van der Waals surface area contributed by atoms with Crippen molar-refractivity contribution in [1.29, 1.82) is 0 Å². The Morgan fingerprint density at radius 2 is 1.52 bits per heavy atom. The largest absolute Gasteiger partial charge is 0.339 e. The molecule has 0 aliphatic heterocycles. The Morgan fingerprint density at radius 1 is 0.903 bits per heavy atom. The molecule has 0 spiro atoms. The van der Waals surface area contributed by atoms with Gasteiger partial charge in [-0.25, -0.2) is 0 Å². The zero-order valence-corrected chi connectivity index (χ0v) is 17.1. The fourth-order valence-electron chi connectivity index (χ4n) is 3.80. The monoisotopic (exact) mass is 409 g/mol. The van der Waals surface area contributed by atoms with E-state index in [9.17, 15) is 4.79 Å². The Hall–Kier alpha value is -3.73. The molecule has 1 aromatic heterocycles. The van der Waals surface area contributed by atoms with Crippen LogP contribution in [0.25, 0.3) is 0 Å². The predicted molar refractivity (Wildman–Crippen MR) is 119 cm³/mol. The highest BCUT2D eigenvalue weighted by Crippen LogP contribution is 2.38. The fraction of sp³-hybridized carbons (Fsp3) is 0.192. The Bertz CT molecular complexity index is 1130. The van der Waals surface area contributed by atoms with Gasteiger partial charge in [-0.3, -0.25) is 4.79 Å². The minimum absolute atomic E-state index is 0.0750. The number of aromatic nitrogens is 2. The second kappa shape index (κ2) is 8.56. The van der Waals surface area contributed by atoms with E-state index in [0.717, 1.165) is 41.0 Å². The molecular weight excluding hydrogens is 386 g/mol. The van der Waals surface area contributed by atoms with Crippen molar-refractivity contribution < 1.29 is 9.32 Å². The van der Waals surface area contributed by atoms with Crippen LogP contribution < -0.4 is 5.32 Å². The number of carbonyl (C=O) groups is 1. The van der Waals surface area contributed by atoms with Crippen molar-refractivity contribution in [1.82, 2.24) is 10.1 Å². The van der Waals surface area contributed by atoms with E-state index in [-0.39, 0.29) is 5.91 Å². The summed E-state index contributed by atoms with van der Waals surface area (Å²) in [6.45, 7) is 0. The number of hydrogen-bond donors (Lipinski definition) is 1. The topological polar surface area (TPSA) is 68.0 Å². The van der Waals surface area contributed by atoms with Crippen molar-refractivity contribution >= 4 is 11.6 Å². The SMILES string of the molecule is O=C(Nc1ccccc1Cc1nc(C2CC2)no1)C(c1ccccc1)c1ccccc1. The molecule has 1 N–H and O–H groups in total. The molecule has 1 heterocycles. The van der Waals surface area contributed by atoms with Gasteiger partial charge in [0.05, 0.1) is 12.3 Å². The second-order valence-corrected chi connectivity index (χ2v) is 7.90. The summed E-state index contributed by atoms with van der Waals surface area (Å²) in [5, 5.41) is 7.24. The summed E-state index contributed by atoms with van der Waals surface area (Å²) in [5.74, 6) is 1.34. The third kappa shape index (κ3) is 4.40. The molecular formula is C26H23N3O2. The van der Waals surface area contributed by atoms with Crippen molar-refractivity contribution in [3.05, 3.63) is 113 Å². The number of benzene rings is 3. The van der Waals surface area contributed by atoms with Crippen LogP contribution in [0.4, 0.5) is 5.69 Å². The van der Waals surface area contributed by atoms with Crippen molar-refractivity contribution in [2.45, 2.75) is 31.1 Å². The number of carbonyl (C=O) groups excluding carboxylic acids is 1. The normalized spacial score (nSPS) is 13.3. The maximum absolute atomic E-state index is 13.5. The highest BCUT2D eigenvalue weighted by Gasteiger charge is 2.29. The molecule has 5 nitrogen and oxygen atoms in total. The number of nitrogens with zero attached hydrogens (tertiary/aromatic N) is 2. The molecule has 0 radical (unpaired) electrons. The van der Waals surface area contributed by atoms with Gasteiger partial charge in [0, 0.05) is 11.6 Å². The first-order valence-corrected chi connectivity index (χ1v) is 10.6. The van der Waals surface area contributed by atoms with E-state index in [1.807, 2.05) is 84.9 Å². The Kier molecular flexibility index (Phi) is 5.31. The van der Waals surface area contributed by atoms with Crippen molar-refractivity contribution in [2.75, 3.05) is 5.32 Å². The third-order valence-corrected chi connectivity index (χ3v) is 5.57. The van der Waals surface area contributed by atoms with Crippen molar-refractivity contribution in [3.63, 3.8) is 0 Å². The number of amides is 1. The highest BCUT2D eigenvalue weighted by molar-refractivity contribution is 5.98.